The first-order chi connectivity index (χ1) is 14.5. The minimum Gasteiger partial charge on any atom is -0.598 e. The van der Waals surface area contributed by atoms with Crippen LogP contribution in [0.1, 0.15) is 49.2 Å². The van der Waals surface area contributed by atoms with E-state index in [9.17, 15) is 28.2 Å². The van der Waals surface area contributed by atoms with E-state index < -0.39 is 44.6 Å². The normalized spacial score (nSPS) is 16.8. The molecule has 0 radical (unpaired) electrons. The third-order valence-electron chi connectivity index (χ3n) is 4.57. The molecule has 8 nitrogen and oxygen atoms in total. The van der Waals surface area contributed by atoms with Crippen molar-refractivity contribution in [2.75, 3.05) is 11.9 Å². The van der Waals surface area contributed by atoms with Crippen molar-refractivity contribution in [1.82, 2.24) is 4.72 Å². The lowest BCUT2D eigenvalue weighted by Gasteiger charge is -2.31. The monoisotopic (exact) mass is 453 g/mol. The zero-order valence-electron chi connectivity index (χ0n) is 17.0. The van der Waals surface area contributed by atoms with Crippen LogP contribution in [-0.2, 0) is 11.4 Å². The van der Waals surface area contributed by atoms with Crippen LogP contribution in [0.2, 0.25) is 0 Å². The topological polar surface area (TPSA) is 117 Å². The molecule has 1 heterocycles. The molecule has 0 fully saturated rings. The van der Waals surface area contributed by atoms with Crippen molar-refractivity contribution in [3.8, 4) is 5.75 Å². The van der Waals surface area contributed by atoms with E-state index in [2.05, 4.69) is 10.0 Å². The summed E-state index contributed by atoms with van der Waals surface area (Å²) in [5, 5.41) is 13.8. The van der Waals surface area contributed by atoms with Crippen LogP contribution in [0.4, 0.5) is 20.2 Å². The minimum atomic E-state index is -1.47. The van der Waals surface area contributed by atoms with Crippen LogP contribution < -0.4 is 14.8 Å². The first kappa shape index (κ1) is 22.9. The number of hydrogen-bond acceptors (Lipinski definition) is 6. The summed E-state index contributed by atoms with van der Waals surface area (Å²) in [6.45, 7) is 5.54. The van der Waals surface area contributed by atoms with Gasteiger partial charge in [-0.05, 0) is 32.9 Å². The van der Waals surface area contributed by atoms with Gasteiger partial charge in [0.2, 0.25) is 0 Å². The van der Waals surface area contributed by atoms with Gasteiger partial charge in [-0.1, -0.05) is 0 Å². The Morgan fingerprint density at radius 3 is 2.55 bits per heavy atom. The number of carbonyl (C=O) groups is 1. The van der Waals surface area contributed by atoms with Crippen molar-refractivity contribution in [2.45, 2.75) is 38.0 Å². The average Bonchev–Trinajstić information content (AvgIpc) is 2.69. The van der Waals surface area contributed by atoms with Gasteiger partial charge in [0.1, 0.15) is 10.5 Å². The average molecular weight is 453 g/mol. The van der Waals surface area contributed by atoms with Crippen molar-refractivity contribution in [1.29, 1.82) is 0 Å². The number of rotatable bonds is 5. The SMILES string of the molecule is CC(C)(C)[S+]([O-])N[C@H]1CCOc2c(C(=O)Nc3ccc(F)c(F)c3)cc([N+](=O)[O-])cc21. The Balaban J connectivity index is 2.00. The minimum absolute atomic E-state index is 0.0246. The molecule has 2 aromatic carbocycles. The summed E-state index contributed by atoms with van der Waals surface area (Å²) in [5.74, 6) is -2.90. The van der Waals surface area contributed by atoms with Crippen LogP contribution in [0.15, 0.2) is 30.3 Å². The molecule has 2 N–H and O–H groups in total. The number of anilines is 1. The molecule has 2 aromatic rings. The van der Waals surface area contributed by atoms with Crippen LogP contribution in [0.3, 0.4) is 0 Å². The van der Waals surface area contributed by atoms with Crippen molar-refractivity contribution < 1.29 is 27.8 Å². The van der Waals surface area contributed by atoms with Gasteiger partial charge in [0, 0.05) is 47.2 Å². The second-order valence-corrected chi connectivity index (χ2v) is 9.94. The molecule has 0 aromatic heterocycles. The standard InChI is InChI=1S/C20H21F2N3O5S/c1-20(2,3)31(29)24-17-6-7-30-18-13(17)9-12(25(27)28)10-14(18)19(26)23-11-4-5-15(21)16(22)8-11/h4-5,8-10,17,24H,6-7H2,1-3H3,(H,23,26)/t17-,31?/m0/s1. The molecule has 11 heteroatoms. The Labute approximate surface area is 180 Å². The Bertz CT molecular complexity index is 1030. The molecule has 0 saturated carbocycles. The van der Waals surface area contributed by atoms with E-state index in [0.717, 1.165) is 24.3 Å². The highest BCUT2D eigenvalue weighted by Crippen LogP contribution is 2.39. The quantitative estimate of drug-likeness (QED) is 0.402. The first-order valence-corrected chi connectivity index (χ1v) is 10.5. The number of nitrogens with one attached hydrogen (secondary N) is 2. The maximum atomic E-state index is 13.5. The molecule has 1 aliphatic heterocycles. The number of ether oxygens (including phenoxy) is 1. The summed E-state index contributed by atoms with van der Waals surface area (Å²) in [7, 11) is 0. The lowest BCUT2D eigenvalue weighted by Crippen LogP contribution is -2.42. The second-order valence-electron chi connectivity index (χ2n) is 7.94. The van der Waals surface area contributed by atoms with Gasteiger partial charge < -0.3 is 14.6 Å². The molecular weight excluding hydrogens is 432 g/mol. The van der Waals surface area contributed by atoms with E-state index in [1.807, 2.05) is 0 Å². The third kappa shape index (κ3) is 5.12. The summed E-state index contributed by atoms with van der Waals surface area (Å²) in [5.41, 5.74) is -0.188. The zero-order chi connectivity index (χ0) is 22.9. The molecule has 1 aliphatic rings. The van der Waals surface area contributed by atoms with E-state index in [4.69, 9.17) is 4.74 Å². The van der Waals surface area contributed by atoms with Crippen molar-refractivity contribution >= 4 is 28.6 Å². The van der Waals surface area contributed by atoms with Gasteiger partial charge in [0.15, 0.2) is 11.6 Å². The number of carbonyl (C=O) groups excluding carboxylic acids is 1. The highest BCUT2D eigenvalue weighted by Gasteiger charge is 2.35. The number of halogens is 2. The molecular formula is C20H21F2N3O5S. The first-order valence-electron chi connectivity index (χ1n) is 9.37. The van der Waals surface area contributed by atoms with E-state index in [1.165, 1.54) is 6.07 Å². The van der Waals surface area contributed by atoms with Crippen molar-refractivity contribution in [3.63, 3.8) is 0 Å². The number of fused-ring (bicyclic) bond motifs is 1. The van der Waals surface area contributed by atoms with Gasteiger partial charge in [-0.2, -0.15) is 0 Å². The third-order valence-corrected chi connectivity index (χ3v) is 6.18. The fourth-order valence-electron chi connectivity index (χ4n) is 2.96. The molecule has 31 heavy (non-hydrogen) atoms. The lowest BCUT2D eigenvalue weighted by molar-refractivity contribution is -0.385. The van der Waals surface area contributed by atoms with Crippen LogP contribution in [0, 0.1) is 21.7 Å². The number of hydrogen-bond donors (Lipinski definition) is 2. The van der Waals surface area contributed by atoms with Crippen LogP contribution >= 0.6 is 0 Å². The van der Waals surface area contributed by atoms with Crippen molar-refractivity contribution in [2.24, 2.45) is 0 Å². The summed E-state index contributed by atoms with van der Waals surface area (Å²) >= 11 is -1.47. The highest BCUT2D eigenvalue weighted by atomic mass is 32.2. The number of nitro groups is 1. The number of benzene rings is 2. The van der Waals surface area contributed by atoms with Gasteiger partial charge in [-0.25, -0.2) is 8.78 Å². The Morgan fingerprint density at radius 2 is 1.94 bits per heavy atom. The highest BCUT2D eigenvalue weighted by molar-refractivity contribution is 7.90. The summed E-state index contributed by atoms with van der Waals surface area (Å²) < 4.78 is 47.2. The zero-order valence-corrected chi connectivity index (χ0v) is 17.8. The Morgan fingerprint density at radius 1 is 1.23 bits per heavy atom. The number of nitrogens with zero attached hydrogens (tertiary/aromatic N) is 1. The molecule has 1 unspecified atom stereocenters. The van der Waals surface area contributed by atoms with Crippen LogP contribution in [-0.4, -0.2) is 26.7 Å². The largest absolute Gasteiger partial charge is 0.598 e. The predicted molar refractivity (Wildman–Crippen MR) is 111 cm³/mol. The van der Waals surface area contributed by atoms with Gasteiger partial charge in [0.05, 0.1) is 23.1 Å². The number of amides is 1. The summed E-state index contributed by atoms with van der Waals surface area (Å²) in [4.78, 5) is 23.6. The molecule has 166 valence electrons. The maximum absolute atomic E-state index is 13.5. The molecule has 2 atom stereocenters. The fourth-order valence-corrected chi connectivity index (χ4v) is 3.82. The smallest absolute Gasteiger partial charge is 0.270 e. The van der Waals surface area contributed by atoms with Gasteiger partial charge >= 0.3 is 0 Å². The summed E-state index contributed by atoms with van der Waals surface area (Å²) in [6, 6.07) is 4.61. The van der Waals surface area contributed by atoms with E-state index in [1.54, 1.807) is 20.8 Å². The van der Waals surface area contributed by atoms with Crippen molar-refractivity contribution in [3.05, 3.63) is 63.2 Å². The molecule has 0 saturated heterocycles. The Hall–Kier alpha value is -2.76. The molecule has 1 amide bonds. The maximum Gasteiger partial charge on any atom is 0.270 e. The van der Waals surface area contributed by atoms with Crippen LogP contribution in [0.25, 0.3) is 0 Å². The van der Waals surface area contributed by atoms with E-state index in [-0.39, 0.29) is 29.3 Å². The van der Waals surface area contributed by atoms with E-state index >= 15 is 0 Å². The van der Waals surface area contributed by atoms with Crippen LogP contribution in [0.5, 0.6) is 5.75 Å². The number of nitro benzene ring substituents is 1. The van der Waals surface area contributed by atoms with E-state index in [0.29, 0.717) is 12.0 Å². The predicted octanol–water partition coefficient (Wildman–Crippen LogP) is 4.00. The molecule has 3 rings (SSSR count). The number of non-ortho nitro benzene ring substituents is 1. The second kappa shape index (κ2) is 8.77. The van der Waals surface area contributed by atoms with Gasteiger partial charge in [0.25, 0.3) is 11.6 Å². The molecule has 0 spiro atoms. The van der Waals surface area contributed by atoms with Gasteiger partial charge in [-0.3, -0.25) is 14.9 Å². The van der Waals surface area contributed by atoms with Gasteiger partial charge in [-0.15, -0.1) is 4.72 Å². The molecule has 0 aliphatic carbocycles. The fraction of sp³-hybridized carbons (Fsp3) is 0.350. The summed E-state index contributed by atoms with van der Waals surface area (Å²) in [6.07, 6.45) is 0.389. The lowest BCUT2D eigenvalue weighted by atomic mass is 9.97. The molecule has 0 bridgehead atoms. The Kier molecular flexibility index (Phi) is 6.48.